The van der Waals surface area contributed by atoms with E-state index in [-0.39, 0.29) is 5.91 Å². The Bertz CT molecular complexity index is 954. The Morgan fingerprint density at radius 3 is 2.04 bits per heavy atom. The van der Waals surface area contributed by atoms with Crippen LogP contribution >= 0.6 is 46.4 Å². The summed E-state index contributed by atoms with van der Waals surface area (Å²) < 4.78 is 5.69. The van der Waals surface area contributed by atoms with Crippen LogP contribution in [0.4, 0.5) is 5.69 Å². The lowest BCUT2D eigenvalue weighted by atomic mass is 10.2. The highest BCUT2D eigenvalue weighted by molar-refractivity contribution is 6.35. The molecule has 0 radical (unpaired) electrons. The Morgan fingerprint density at radius 2 is 1.42 bits per heavy atom. The first-order valence-corrected chi connectivity index (χ1v) is 8.92. The van der Waals surface area contributed by atoms with Crippen LogP contribution in [0.1, 0.15) is 5.76 Å². The van der Waals surface area contributed by atoms with Gasteiger partial charge < -0.3 is 9.73 Å². The summed E-state index contributed by atoms with van der Waals surface area (Å²) in [5, 5.41) is 4.58. The second kappa shape index (κ2) is 8.19. The van der Waals surface area contributed by atoms with Gasteiger partial charge >= 0.3 is 0 Å². The molecule has 2 aromatic carbocycles. The highest BCUT2D eigenvalue weighted by Crippen LogP contribution is 2.29. The minimum atomic E-state index is -0.341. The lowest BCUT2D eigenvalue weighted by molar-refractivity contribution is -0.111. The lowest BCUT2D eigenvalue weighted by Gasteiger charge is -2.03. The number of hydrogen-bond donors (Lipinski definition) is 1. The first-order chi connectivity index (χ1) is 12.4. The molecule has 3 aromatic rings. The van der Waals surface area contributed by atoms with E-state index < -0.39 is 0 Å². The molecular formula is C19H11Cl4NO2. The summed E-state index contributed by atoms with van der Waals surface area (Å²) in [6.45, 7) is 0. The highest BCUT2D eigenvalue weighted by Gasteiger charge is 2.07. The molecule has 0 unspecified atom stereocenters. The van der Waals surface area contributed by atoms with Crippen molar-refractivity contribution in [1.82, 2.24) is 0 Å². The second-order valence-electron chi connectivity index (χ2n) is 5.34. The quantitative estimate of drug-likeness (QED) is 0.447. The van der Waals surface area contributed by atoms with Crippen LogP contribution in [0.2, 0.25) is 20.1 Å². The number of nitrogens with one attached hydrogen (secondary N) is 1. The maximum atomic E-state index is 12.0. The molecule has 0 saturated heterocycles. The van der Waals surface area contributed by atoms with Crippen molar-refractivity contribution in [2.75, 3.05) is 5.32 Å². The maximum Gasteiger partial charge on any atom is 0.248 e. The first-order valence-electron chi connectivity index (χ1n) is 7.40. The number of furan rings is 1. The van der Waals surface area contributed by atoms with Gasteiger partial charge in [0.25, 0.3) is 0 Å². The fourth-order valence-corrected chi connectivity index (χ4v) is 3.31. The van der Waals surface area contributed by atoms with Crippen molar-refractivity contribution in [3.63, 3.8) is 0 Å². The Morgan fingerprint density at radius 1 is 0.846 bits per heavy atom. The minimum Gasteiger partial charge on any atom is -0.457 e. The van der Waals surface area contributed by atoms with Gasteiger partial charge in [-0.1, -0.05) is 46.4 Å². The zero-order valence-electron chi connectivity index (χ0n) is 13.1. The Balaban J connectivity index is 1.71. The first kappa shape index (κ1) is 18.9. The van der Waals surface area contributed by atoms with Gasteiger partial charge in [-0.25, -0.2) is 0 Å². The lowest BCUT2D eigenvalue weighted by Crippen LogP contribution is -2.07. The molecule has 1 heterocycles. The number of halogens is 4. The van der Waals surface area contributed by atoms with E-state index in [0.29, 0.717) is 37.3 Å². The average molecular weight is 427 g/mol. The van der Waals surface area contributed by atoms with Crippen molar-refractivity contribution in [2.45, 2.75) is 0 Å². The van der Waals surface area contributed by atoms with E-state index in [1.165, 1.54) is 6.08 Å². The molecule has 1 N–H and O–H groups in total. The zero-order valence-corrected chi connectivity index (χ0v) is 16.1. The maximum absolute atomic E-state index is 12.0. The molecule has 0 aliphatic carbocycles. The van der Waals surface area contributed by atoms with Crippen molar-refractivity contribution in [1.29, 1.82) is 0 Å². The van der Waals surface area contributed by atoms with E-state index in [2.05, 4.69) is 5.32 Å². The Hall–Kier alpha value is -1.91. The van der Waals surface area contributed by atoms with Gasteiger partial charge in [0.2, 0.25) is 5.91 Å². The molecule has 3 nitrogen and oxygen atoms in total. The van der Waals surface area contributed by atoms with Crippen LogP contribution < -0.4 is 5.32 Å². The van der Waals surface area contributed by atoms with Gasteiger partial charge in [0.05, 0.1) is 0 Å². The predicted octanol–water partition coefficient (Wildman–Crippen LogP) is 7.21. The topological polar surface area (TPSA) is 42.2 Å². The van der Waals surface area contributed by atoms with Gasteiger partial charge in [-0.05, 0) is 54.6 Å². The summed E-state index contributed by atoms with van der Waals surface area (Å²) in [4.78, 5) is 12.0. The Kier molecular flexibility index (Phi) is 5.94. The molecule has 0 aliphatic heterocycles. The number of carbonyl (C=O) groups excluding carboxylic acids is 1. The molecule has 26 heavy (non-hydrogen) atoms. The number of carbonyl (C=O) groups is 1. The van der Waals surface area contributed by atoms with E-state index >= 15 is 0 Å². The Labute approximate surface area is 170 Å². The monoisotopic (exact) mass is 425 g/mol. The van der Waals surface area contributed by atoms with E-state index in [0.717, 1.165) is 5.56 Å². The van der Waals surface area contributed by atoms with E-state index in [1.807, 2.05) is 0 Å². The molecule has 0 spiro atoms. The molecule has 3 rings (SSSR count). The highest BCUT2D eigenvalue weighted by atomic mass is 35.5. The fraction of sp³-hybridized carbons (Fsp3) is 0. The molecule has 132 valence electrons. The summed E-state index contributed by atoms with van der Waals surface area (Å²) in [6, 6.07) is 13.4. The smallest absolute Gasteiger partial charge is 0.248 e. The van der Waals surface area contributed by atoms with E-state index in [1.54, 1.807) is 54.6 Å². The van der Waals surface area contributed by atoms with Crippen molar-refractivity contribution < 1.29 is 9.21 Å². The van der Waals surface area contributed by atoms with Crippen molar-refractivity contribution in [3.8, 4) is 11.3 Å². The van der Waals surface area contributed by atoms with Crippen LogP contribution in [0.25, 0.3) is 17.4 Å². The molecule has 0 fully saturated rings. The standard InChI is InChI=1S/C19H11Cl4NO2/c20-12-5-11(6-13(21)7-12)18-3-1-17(26-18)2-4-19(25)24-16-9-14(22)8-15(23)10-16/h1-10H,(H,24,25)/b4-2+. The fourth-order valence-electron chi connectivity index (χ4n) is 2.26. The molecule has 0 aliphatic rings. The van der Waals surface area contributed by atoms with Crippen LogP contribution in [0.3, 0.4) is 0 Å². The molecular weight excluding hydrogens is 416 g/mol. The van der Waals surface area contributed by atoms with Crippen molar-refractivity contribution >= 4 is 64.1 Å². The molecule has 7 heteroatoms. The van der Waals surface area contributed by atoms with Crippen LogP contribution in [-0.4, -0.2) is 5.91 Å². The summed E-state index contributed by atoms with van der Waals surface area (Å²) in [7, 11) is 0. The summed E-state index contributed by atoms with van der Waals surface area (Å²) >= 11 is 23.8. The number of benzene rings is 2. The third kappa shape index (κ3) is 5.05. The van der Waals surface area contributed by atoms with E-state index in [4.69, 9.17) is 50.8 Å². The SMILES string of the molecule is O=C(/C=C/c1ccc(-c2cc(Cl)cc(Cl)c2)o1)Nc1cc(Cl)cc(Cl)c1. The van der Waals surface area contributed by atoms with Crippen LogP contribution in [0.15, 0.2) is 59.0 Å². The van der Waals surface area contributed by atoms with E-state index in [9.17, 15) is 4.79 Å². The van der Waals surface area contributed by atoms with Gasteiger partial charge in [-0.3, -0.25) is 4.79 Å². The number of amides is 1. The number of anilines is 1. The van der Waals surface area contributed by atoms with Gasteiger partial charge in [-0.2, -0.15) is 0 Å². The normalized spacial score (nSPS) is 11.1. The third-order valence-electron chi connectivity index (χ3n) is 3.30. The van der Waals surface area contributed by atoms with Gasteiger partial charge in [0.1, 0.15) is 11.5 Å². The van der Waals surface area contributed by atoms with Crippen LogP contribution in [-0.2, 0) is 4.79 Å². The van der Waals surface area contributed by atoms with Gasteiger partial charge in [0, 0.05) is 37.4 Å². The summed E-state index contributed by atoms with van der Waals surface area (Å²) in [5.74, 6) is 0.763. The average Bonchev–Trinajstić information content (AvgIpc) is 3.00. The summed E-state index contributed by atoms with van der Waals surface area (Å²) in [6.07, 6.45) is 2.90. The van der Waals surface area contributed by atoms with Crippen LogP contribution in [0.5, 0.6) is 0 Å². The van der Waals surface area contributed by atoms with Crippen LogP contribution in [0, 0.1) is 0 Å². The van der Waals surface area contributed by atoms with Gasteiger partial charge in [-0.15, -0.1) is 0 Å². The second-order valence-corrected chi connectivity index (χ2v) is 7.09. The molecule has 1 amide bonds. The molecule has 0 bridgehead atoms. The zero-order chi connectivity index (χ0) is 18.7. The number of rotatable bonds is 4. The van der Waals surface area contributed by atoms with Crippen molar-refractivity contribution in [3.05, 3.63) is 80.5 Å². The molecule has 1 aromatic heterocycles. The van der Waals surface area contributed by atoms with Crippen molar-refractivity contribution in [2.24, 2.45) is 0 Å². The number of hydrogen-bond acceptors (Lipinski definition) is 2. The molecule has 0 atom stereocenters. The predicted molar refractivity (Wildman–Crippen MR) is 108 cm³/mol. The molecule has 0 saturated carbocycles. The minimum absolute atomic E-state index is 0.341. The third-order valence-corrected chi connectivity index (χ3v) is 4.18. The largest absolute Gasteiger partial charge is 0.457 e. The summed E-state index contributed by atoms with van der Waals surface area (Å²) in [5.41, 5.74) is 1.26. The van der Waals surface area contributed by atoms with Gasteiger partial charge in [0.15, 0.2) is 0 Å².